The minimum atomic E-state index is 0.780. The molecule has 0 unspecified atom stereocenters. The van der Waals surface area contributed by atoms with E-state index >= 15 is 0 Å². The number of unbranched alkanes of at least 4 members (excludes halogenated alkanes) is 5. The van der Waals surface area contributed by atoms with Gasteiger partial charge in [-0.3, -0.25) is 0 Å². The number of para-hydroxylation sites is 1. The summed E-state index contributed by atoms with van der Waals surface area (Å²) in [5.74, 6) is 2.79. The number of aryl methyl sites for hydroxylation is 1. The summed E-state index contributed by atoms with van der Waals surface area (Å²) in [6, 6.07) is 8.39. The molecule has 176 valence electrons. The maximum atomic E-state index is 6.20. The number of aromatic nitrogens is 2. The van der Waals surface area contributed by atoms with Crippen molar-refractivity contribution >= 4 is 0 Å². The largest absolute Gasteiger partial charge is 0.493 e. The Bertz CT molecular complexity index is 767. The van der Waals surface area contributed by atoms with Crippen LogP contribution in [0.15, 0.2) is 36.8 Å². The summed E-state index contributed by atoms with van der Waals surface area (Å²) in [7, 11) is 0. The highest BCUT2D eigenvalue weighted by atomic mass is 16.5. The number of ether oxygens (including phenoxy) is 1. The van der Waals surface area contributed by atoms with Gasteiger partial charge in [0.15, 0.2) is 0 Å². The Morgan fingerprint density at radius 2 is 1.56 bits per heavy atom. The molecule has 2 aromatic rings. The molecule has 1 aromatic heterocycles. The molecule has 3 nitrogen and oxygen atoms in total. The zero-order chi connectivity index (χ0) is 22.4. The van der Waals surface area contributed by atoms with E-state index in [1.165, 1.54) is 82.6 Å². The fourth-order valence-electron chi connectivity index (χ4n) is 5.12. The molecule has 1 heterocycles. The number of hydrogen-bond acceptors (Lipinski definition) is 3. The molecule has 1 aliphatic carbocycles. The van der Waals surface area contributed by atoms with E-state index in [1.807, 2.05) is 6.20 Å². The van der Waals surface area contributed by atoms with Gasteiger partial charge in [-0.15, -0.1) is 0 Å². The summed E-state index contributed by atoms with van der Waals surface area (Å²) in [5.41, 5.74) is 3.43. The second kappa shape index (κ2) is 14.3. The summed E-state index contributed by atoms with van der Waals surface area (Å²) in [6.07, 6.45) is 22.1. The lowest BCUT2D eigenvalue weighted by Gasteiger charge is -2.28. The lowest BCUT2D eigenvalue weighted by Crippen LogP contribution is -2.15. The Kier molecular flexibility index (Phi) is 11.0. The van der Waals surface area contributed by atoms with Gasteiger partial charge in [-0.2, -0.15) is 0 Å². The van der Waals surface area contributed by atoms with E-state index in [-0.39, 0.29) is 0 Å². The first-order valence-corrected chi connectivity index (χ1v) is 13.3. The van der Waals surface area contributed by atoms with Crippen molar-refractivity contribution in [3.8, 4) is 17.0 Å². The summed E-state index contributed by atoms with van der Waals surface area (Å²) >= 11 is 0. The first-order chi connectivity index (χ1) is 15.8. The molecule has 0 saturated heterocycles. The third-order valence-corrected chi connectivity index (χ3v) is 7.19. The molecule has 1 aromatic carbocycles. The number of nitrogens with zero attached hydrogens (tertiary/aromatic N) is 2. The van der Waals surface area contributed by atoms with Crippen LogP contribution in [0.2, 0.25) is 0 Å². The average molecular weight is 437 g/mol. The van der Waals surface area contributed by atoms with Crippen LogP contribution < -0.4 is 4.74 Å². The van der Waals surface area contributed by atoms with E-state index in [1.54, 1.807) is 6.33 Å². The number of hydrogen-bond donors (Lipinski definition) is 0. The van der Waals surface area contributed by atoms with Gasteiger partial charge in [0.2, 0.25) is 0 Å². The van der Waals surface area contributed by atoms with Gasteiger partial charge in [-0.05, 0) is 48.8 Å². The van der Waals surface area contributed by atoms with Gasteiger partial charge in [0.1, 0.15) is 12.1 Å². The van der Waals surface area contributed by atoms with Gasteiger partial charge in [-0.1, -0.05) is 96.6 Å². The highest BCUT2D eigenvalue weighted by Gasteiger charge is 2.21. The summed E-state index contributed by atoms with van der Waals surface area (Å²) in [4.78, 5) is 9.06. The summed E-state index contributed by atoms with van der Waals surface area (Å²) < 4.78 is 6.20. The van der Waals surface area contributed by atoms with E-state index in [9.17, 15) is 0 Å². The zero-order valence-electron chi connectivity index (χ0n) is 20.5. The molecule has 3 rings (SSSR count). The fraction of sp³-hybridized carbons (Fsp3) is 0.655. The molecular weight excluding hydrogens is 392 g/mol. The SMILES string of the molecule is CCCCCCCOc1ccccc1-c1ncncc1CCC1CCC(CCCC)CC1. The summed E-state index contributed by atoms with van der Waals surface area (Å²) in [6.45, 7) is 5.34. The lowest BCUT2D eigenvalue weighted by atomic mass is 9.78. The average Bonchev–Trinajstić information content (AvgIpc) is 2.85. The van der Waals surface area contributed by atoms with Crippen LogP contribution in [0.5, 0.6) is 5.75 Å². The van der Waals surface area contributed by atoms with Crippen LogP contribution >= 0.6 is 0 Å². The number of rotatable bonds is 14. The highest BCUT2D eigenvalue weighted by molar-refractivity contribution is 5.69. The van der Waals surface area contributed by atoms with Gasteiger partial charge >= 0.3 is 0 Å². The Morgan fingerprint density at radius 1 is 0.844 bits per heavy atom. The molecule has 0 aliphatic heterocycles. The second-order valence-corrected chi connectivity index (χ2v) is 9.72. The minimum Gasteiger partial charge on any atom is -0.493 e. The smallest absolute Gasteiger partial charge is 0.128 e. The molecule has 0 spiro atoms. The maximum absolute atomic E-state index is 6.20. The standard InChI is InChI=1S/C29H44N2O/c1-3-5-7-8-11-21-32-28-14-10-9-13-27(28)29-26(22-30-23-31-29)20-19-25-17-15-24(16-18-25)12-6-4-2/h9-10,13-14,22-25H,3-8,11-12,15-21H2,1-2H3. The monoisotopic (exact) mass is 436 g/mol. The maximum Gasteiger partial charge on any atom is 0.128 e. The van der Waals surface area contributed by atoms with Crippen molar-refractivity contribution in [2.75, 3.05) is 6.61 Å². The highest BCUT2D eigenvalue weighted by Crippen LogP contribution is 2.36. The van der Waals surface area contributed by atoms with Crippen LogP contribution in [-0.2, 0) is 6.42 Å². The Morgan fingerprint density at radius 3 is 2.34 bits per heavy atom. The van der Waals surface area contributed by atoms with Crippen LogP contribution in [-0.4, -0.2) is 16.6 Å². The van der Waals surface area contributed by atoms with Crippen molar-refractivity contribution < 1.29 is 4.74 Å². The predicted octanol–water partition coefficient (Wildman–Crippen LogP) is 8.42. The van der Waals surface area contributed by atoms with Gasteiger partial charge < -0.3 is 4.74 Å². The van der Waals surface area contributed by atoms with Crippen LogP contribution in [0.3, 0.4) is 0 Å². The van der Waals surface area contributed by atoms with Crippen LogP contribution in [0.1, 0.15) is 103 Å². The van der Waals surface area contributed by atoms with Crippen molar-refractivity contribution in [1.29, 1.82) is 0 Å². The molecule has 1 fully saturated rings. The van der Waals surface area contributed by atoms with E-state index in [0.29, 0.717) is 0 Å². The third-order valence-electron chi connectivity index (χ3n) is 7.19. The number of benzene rings is 1. The third kappa shape index (κ3) is 7.90. The normalized spacial score (nSPS) is 18.6. The second-order valence-electron chi connectivity index (χ2n) is 9.72. The minimum absolute atomic E-state index is 0.780. The molecule has 0 amide bonds. The van der Waals surface area contributed by atoms with Crippen molar-refractivity contribution in [1.82, 2.24) is 9.97 Å². The Balaban J connectivity index is 1.56. The van der Waals surface area contributed by atoms with Crippen molar-refractivity contribution in [2.45, 2.75) is 104 Å². The summed E-state index contributed by atoms with van der Waals surface area (Å²) in [5, 5.41) is 0. The van der Waals surface area contributed by atoms with Crippen molar-refractivity contribution in [3.63, 3.8) is 0 Å². The Labute approximate surface area is 196 Å². The van der Waals surface area contributed by atoms with E-state index in [4.69, 9.17) is 9.72 Å². The van der Waals surface area contributed by atoms with Crippen molar-refractivity contribution in [3.05, 3.63) is 42.4 Å². The van der Waals surface area contributed by atoms with Crippen molar-refractivity contribution in [2.24, 2.45) is 11.8 Å². The molecule has 32 heavy (non-hydrogen) atoms. The predicted molar refractivity (Wildman–Crippen MR) is 135 cm³/mol. The molecule has 0 radical (unpaired) electrons. The topological polar surface area (TPSA) is 35.0 Å². The van der Waals surface area contributed by atoms with Gasteiger partial charge in [-0.25, -0.2) is 9.97 Å². The first kappa shape index (κ1) is 24.7. The molecule has 0 N–H and O–H groups in total. The van der Waals surface area contributed by atoms with Gasteiger partial charge in [0.05, 0.1) is 12.3 Å². The van der Waals surface area contributed by atoms with Gasteiger partial charge in [0, 0.05) is 11.8 Å². The molecule has 3 heteroatoms. The molecule has 1 aliphatic rings. The Hall–Kier alpha value is -1.90. The van der Waals surface area contributed by atoms with Crippen LogP contribution in [0.4, 0.5) is 0 Å². The van der Waals surface area contributed by atoms with Crippen LogP contribution in [0.25, 0.3) is 11.3 Å². The lowest BCUT2D eigenvalue weighted by molar-refractivity contribution is 0.250. The van der Waals surface area contributed by atoms with E-state index < -0.39 is 0 Å². The molecule has 0 bridgehead atoms. The first-order valence-electron chi connectivity index (χ1n) is 13.3. The van der Waals surface area contributed by atoms with Gasteiger partial charge in [0.25, 0.3) is 0 Å². The van der Waals surface area contributed by atoms with E-state index in [2.05, 4.69) is 43.1 Å². The van der Waals surface area contributed by atoms with E-state index in [0.717, 1.165) is 48.3 Å². The zero-order valence-corrected chi connectivity index (χ0v) is 20.5. The fourth-order valence-corrected chi connectivity index (χ4v) is 5.12. The molecule has 1 saturated carbocycles. The molecule has 0 atom stereocenters. The van der Waals surface area contributed by atoms with Crippen LogP contribution in [0, 0.1) is 11.8 Å². The molecular formula is C29H44N2O. The quantitative estimate of drug-likeness (QED) is 0.279.